The standard InChI is InChI=1S/C62H89F2NO20/c1-59-13-11-47(67)40-53(59)54(63)41-52-51-42-57-62(56(70)44-66,60(51,2)43-55(69)61(52,59)64)85-58(84-57)46-5-9-50(10-6-46)83-49-7-3-45(4-8-49)39-48(68)12-15-71-17-19-73-21-23-75-25-27-77-29-31-79-33-35-81-37-38-82-36-34-80-32-30-78-28-26-76-24-22-74-20-18-72-16-14-65/h3-11,13,40,51-52,54-55,57-58,66,69H,12,14-39,41-44,65H2,1-2H3/t51-,52-,54-,55-,57+,58+,59-,60-,61-,62+/m0/s1. The Labute approximate surface area is 497 Å². The molecule has 4 fully saturated rings. The molecule has 476 valence electrons. The molecule has 0 spiro atoms. The van der Waals surface area contributed by atoms with Gasteiger partial charge in [0, 0.05) is 41.7 Å². The van der Waals surface area contributed by atoms with Crippen LogP contribution in [-0.2, 0) is 87.1 Å². The minimum absolute atomic E-state index is 0.00982. The van der Waals surface area contributed by atoms with Crippen molar-refractivity contribution in [2.24, 2.45) is 28.4 Å². The number of nitrogens with two attached hydrogens (primary N) is 1. The molecule has 0 unspecified atom stereocenters. The molecule has 0 aromatic heterocycles. The Hall–Kier alpha value is -4.09. The van der Waals surface area contributed by atoms with Crippen LogP contribution < -0.4 is 10.5 Å². The van der Waals surface area contributed by atoms with Gasteiger partial charge in [0.25, 0.3) is 0 Å². The van der Waals surface area contributed by atoms with E-state index in [-0.39, 0.29) is 50.1 Å². The minimum atomic E-state index is -2.34. The van der Waals surface area contributed by atoms with Crippen molar-refractivity contribution in [1.82, 2.24) is 0 Å². The van der Waals surface area contributed by atoms with Crippen LogP contribution in [0.2, 0.25) is 0 Å². The lowest BCUT2D eigenvalue weighted by atomic mass is 9.44. The zero-order valence-corrected chi connectivity index (χ0v) is 49.3. The third-order valence-electron chi connectivity index (χ3n) is 16.5. The first-order valence-corrected chi connectivity index (χ1v) is 29.8. The number of fused-ring (bicyclic) bond motifs is 7. The average Bonchev–Trinajstić information content (AvgIpc) is 1.63. The van der Waals surface area contributed by atoms with Gasteiger partial charge in [-0.3, -0.25) is 14.4 Å². The Kier molecular flexibility index (Phi) is 28.3. The lowest BCUT2D eigenvalue weighted by molar-refractivity contribution is -0.235. The number of halogens is 2. The molecule has 2 aromatic rings. The van der Waals surface area contributed by atoms with E-state index in [0.717, 1.165) is 11.6 Å². The van der Waals surface area contributed by atoms with Gasteiger partial charge in [0.1, 0.15) is 30.1 Å². The SMILES string of the molecule is C[C@]12C=CC(=O)C=C1[C@@H](F)C[C@H]1[C@@H]3C[C@H]4O[C@@H](c5ccc(Oc6ccc(CC(=O)CCOCCOCCOCCOCCOCCOCCOCCOCCOCCOCCOCCOCCN)cc6)cc5)O[C@@]4(C(=O)CO)[C@@]3(C)C[C@H](O)[C@@]12F. The lowest BCUT2D eigenvalue weighted by Gasteiger charge is -2.63. The molecule has 4 aliphatic carbocycles. The molecule has 23 heteroatoms. The van der Waals surface area contributed by atoms with Gasteiger partial charge in [-0.2, -0.15) is 0 Å². The van der Waals surface area contributed by atoms with E-state index in [1.165, 1.54) is 19.1 Å². The second-order valence-corrected chi connectivity index (χ2v) is 21.9. The Balaban J connectivity index is 0.651. The van der Waals surface area contributed by atoms with Crippen molar-refractivity contribution < 1.29 is 104 Å². The first-order chi connectivity index (χ1) is 41.3. The predicted octanol–water partition coefficient (Wildman–Crippen LogP) is 4.78. The Morgan fingerprint density at radius 1 is 0.624 bits per heavy atom. The molecule has 3 saturated carbocycles. The minimum Gasteiger partial charge on any atom is -0.457 e. The summed E-state index contributed by atoms with van der Waals surface area (Å²) in [6.07, 6.45) is -1.40. The highest BCUT2D eigenvalue weighted by molar-refractivity contribution is 6.01. The fourth-order valence-corrected chi connectivity index (χ4v) is 12.3. The van der Waals surface area contributed by atoms with E-state index in [1.54, 1.807) is 43.3 Å². The van der Waals surface area contributed by atoms with Crippen molar-refractivity contribution in [3.05, 3.63) is 83.5 Å². The van der Waals surface area contributed by atoms with Crippen LogP contribution in [0, 0.1) is 22.7 Å². The zero-order chi connectivity index (χ0) is 60.4. The third kappa shape index (κ3) is 18.3. The highest BCUT2D eigenvalue weighted by Gasteiger charge is 2.80. The second kappa shape index (κ2) is 35.2. The van der Waals surface area contributed by atoms with Crippen LogP contribution >= 0.6 is 0 Å². The average molecular weight is 1210 g/mol. The van der Waals surface area contributed by atoms with Crippen molar-refractivity contribution in [2.45, 2.75) is 81.9 Å². The second-order valence-electron chi connectivity index (χ2n) is 21.9. The number of Topliss-reactive ketones (excluding diaryl/α,β-unsaturated/α-hetero) is 2. The predicted molar refractivity (Wildman–Crippen MR) is 303 cm³/mol. The van der Waals surface area contributed by atoms with E-state index in [0.29, 0.717) is 176 Å². The summed E-state index contributed by atoms with van der Waals surface area (Å²) in [4.78, 5) is 38.9. The summed E-state index contributed by atoms with van der Waals surface area (Å²) in [6.45, 7) is 13.9. The maximum Gasteiger partial charge on any atom is 0.193 e. The van der Waals surface area contributed by atoms with Crippen molar-refractivity contribution in [3.63, 3.8) is 0 Å². The van der Waals surface area contributed by atoms with Crippen LogP contribution in [0.25, 0.3) is 0 Å². The monoisotopic (exact) mass is 1210 g/mol. The van der Waals surface area contributed by atoms with Gasteiger partial charge in [-0.1, -0.05) is 37.3 Å². The zero-order valence-electron chi connectivity index (χ0n) is 49.3. The van der Waals surface area contributed by atoms with Gasteiger partial charge in [0.15, 0.2) is 29.1 Å². The van der Waals surface area contributed by atoms with E-state index in [9.17, 15) is 24.6 Å². The molecule has 21 nitrogen and oxygen atoms in total. The quantitative estimate of drug-likeness (QED) is 0.0754. The van der Waals surface area contributed by atoms with Crippen molar-refractivity contribution >= 4 is 17.3 Å². The Bertz CT molecular complexity index is 2390. The number of ether oxygens (including phenoxy) is 15. The van der Waals surface area contributed by atoms with Crippen molar-refractivity contribution in [2.75, 3.05) is 172 Å². The first kappa shape index (κ1) is 68.4. The van der Waals surface area contributed by atoms with Crippen LogP contribution in [0.5, 0.6) is 11.5 Å². The van der Waals surface area contributed by atoms with Gasteiger partial charge in [0.05, 0.1) is 171 Å². The number of alkyl halides is 2. The third-order valence-corrected chi connectivity index (χ3v) is 16.5. The van der Waals surface area contributed by atoms with Crippen LogP contribution in [0.3, 0.4) is 0 Å². The van der Waals surface area contributed by atoms with E-state index in [4.69, 9.17) is 76.8 Å². The summed E-state index contributed by atoms with van der Waals surface area (Å²) in [6, 6.07) is 14.1. The smallest absolute Gasteiger partial charge is 0.193 e. The Morgan fingerprint density at radius 3 is 1.51 bits per heavy atom. The molecule has 0 bridgehead atoms. The van der Waals surface area contributed by atoms with E-state index >= 15 is 8.78 Å². The summed E-state index contributed by atoms with van der Waals surface area (Å²) in [5.41, 5.74) is -0.170. The number of hydrogen-bond acceptors (Lipinski definition) is 21. The topological polar surface area (TPSA) is 256 Å². The first-order valence-electron chi connectivity index (χ1n) is 29.8. The Morgan fingerprint density at radius 2 is 1.06 bits per heavy atom. The number of hydrogen-bond donors (Lipinski definition) is 3. The largest absolute Gasteiger partial charge is 0.457 e. The van der Waals surface area contributed by atoms with E-state index in [1.807, 2.05) is 12.1 Å². The normalized spacial score (nSPS) is 27.6. The molecule has 1 heterocycles. The molecule has 4 N–H and O–H groups in total. The maximum absolute atomic E-state index is 17.8. The van der Waals surface area contributed by atoms with Gasteiger partial charge in [0.2, 0.25) is 0 Å². The number of benzene rings is 2. The van der Waals surface area contributed by atoms with Crippen molar-refractivity contribution in [1.29, 1.82) is 0 Å². The number of aliphatic hydroxyl groups is 2. The van der Waals surface area contributed by atoms with Crippen molar-refractivity contribution in [3.8, 4) is 11.5 Å². The number of carbonyl (C=O) groups is 3. The number of rotatable bonds is 45. The van der Waals surface area contributed by atoms with E-state index in [2.05, 4.69) is 0 Å². The maximum atomic E-state index is 17.8. The molecule has 1 saturated heterocycles. The lowest BCUT2D eigenvalue weighted by Crippen LogP contribution is -2.70. The molecule has 0 radical (unpaired) electrons. The van der Waals surface area contributed by atoms with Crippen LogP contribution in [0.1, 0.15) is 56.9 Å². The molecule has 1 aliphatic heterocycles. The molecular formula is C62H89F2NO20. The van der Waals surface area contributed by atoms with E-state index < -0.39 is 76.8 Å². The fraction of sp³-hybridized carbons (Fsp3) is 0.694. The van der Waals surface area contributed by atoms with Crippen LogP contribution in [-0.4, -0.2) is 229 Å². The van der Waals surface area contributed by atoms with Gasteiger partial charge in [-0.05, 0) is 79.7 Å². The summed E-state index contributed by atoms with van der Waals surface area (Å²) in [5, 5.41) is 22.1. The number of ketones is 3. The molecule has 2 aromatic carbocycles. The summed E-state index contributed by atoms with van der Waals surface area (Å²) >= 11 is 0. The van der Waals surface area contributed by atoms with Gasteiger partial charge in [-0.25, -0.2) is 8.78 Å². The number of allylic oxidation sites excluding steroid dienone is 4. The molecule has 85 heavy (non-hydrogen) atoms. The number of carbonyl (C=O) groups excluding carboxylic acids is 3. The van der Waals surface area contributed by atoms with Gasteiger partial charge in [-0.15, -0.1) is 0 Å². The van der Waals surface area contributed by atoms with Crippen LogP contribution in [0.15, 0.2) is 72.3 Å². The van der Waals surface area contributed by atoms with Crippen LogP contribution in [0.4, 0.5) is 8.78 Å². The molecule has 7 rings (SSSR count). The summed E-state index contributed by atoms with van der Waals surface area (Å²) in [5.74, 6) is -1.72. The highest BCUT2D eigenvalue weighted by atomic mass is 19.1. The summed E-state index contributed by atoms with van der Waals surface area (Å²) in [7, 11) is 0. The molecule has 0 amide bonds. The molecular weight excluding hydrogens is 1120 g/mol. The fourth-order valence-electron chi connectivity index (χ4n) is 12.3. The van der Waals surface area contributed by atoms with Gasteiger partial charge < -0.3 is 87.0 Å². The van der Waals surface area contributed by atoms with Gasteiger partial charge >= 0.3 is 0 Å². The number of aliphatic hydroxyl groups excluding tert-OH is 2. The molecule has 10 atom stereocenters. The summed E-state index contributed by atoms with van der Waals surface area (Å²) < 4.78 is 119. The molecule has 5 aliphatic rings. The highest BCUT2D eigenvalue weighted by Crippen LogP contribution is 2.72.